The van der Waals surface area contributed by atoms with Crippen LogP contribution in [-0.4, -0.2) is 33.7 Å². The zero-order valence-corrected chi connectivity index (χ0v) is 13.9. The zero-order chi connectivity index (χ0) is 15.7. The van der Waals surface area contributed by atoms with Gasteiger partial charge in [0.2, 0.25) is 10.0 Å². The number of benzene rings is 1. The molecule has 6 heteroatoms. The highest BCUT2D eigenvalue weighted by Crippen LogP contribution is 2.27. The molecule has 2 N–H and O–H groups in total. The number of hydrogen-bond acceptors (Lipinski definition) is 4. The summed E-state index contributed by atoms with van der Waals surface area (Å²) in [6.45, 7) is 6.67. The predicted molar refractivity (Wildman–Crippen MR) is 84.1 cm³/mol. The van der Waals surface area contributed by atoms with E-state index in [1.54, 1.807) is 13.0 Å². The van der Waals surface area contributed by atoms with Gasteiger partial charge in [0.05, 0.1) is 10.5 Å². The monoisotopic (exact) mass is 312 g/mol. The summed E-state index contributed by atoms with van der Waals surface area (Å²) < 4.78 is 32.1. The van der Waals surface area contributed by atoms with Gasteiger partial charge in [-0.1, -0.05) is 6.07 Å². The fourth-order valence-electron chi connectivity index (χ4n) is 2.68. The largest absolute Gasteiger partial charge is 0.382 e. The van der Waals surface area contributed by atoms with Crippen LogP contribution in [0.3, 0.4) is 0 Å². The maximum Gasteiger partial charge on any atom is 0.240 e. The van der Waals surface area contributed by atoms with E-state index >= 15 is 0 Å². The minimum absolute atomic E-state index is 0.138. The van der Waals surface area contributed by atoms with E-state index in [0.717, 1.165) is 30.7 Å². The lowest BCUT2D eigenvalue weighted by atomic mass is 9.94. The van der Waals surface area contributed by atoms with Crippen LogP contribution >= 0.6 is 0 Å². The average Bonchev–Trinajstić information content (AvgIpc) is 2.39. The van der Waals surface area contributed by atoms with Gasteiger partial charge in [-0.3, -0.25) is 0 Å². The summed E-state index contributed by atoms with van der Waals surface area (Å²) in [4.78, 5) is 0.321. The molecule has 1 aliphatic rings. The van der Waals surface area contributed by atoms with Crippen LogP contribution in [0.2, 0.25) is 0 Å². The maximum absolute atomic E-state index is 12.0. The quantitative estimate of drug-likeness (QED) is 0.895. The summed E-state index contributed by atoms with van der Waals surface area (Å²) in [7, 11) is -2.00. The molecule has 118 valence electrons. The van der Waals surface area contributed by atoms with E-state index in [9.17, 15) is 8.42 Å². The summed E-state index contributed by atoms with van der Waals surface area (Å²) in [5, 5.41) is 3.43. The number of sulfonamides is 1. The van der Waals surface area contributed by atoms with E-state index in [0.29, 0.717) is 10.9 Å². The molecule has 2 rings (SSSR count). The van der Waals surface area contributed by atoms with Crippen LogP contribution in [0.1, 0.15) is 32.3 Å². The van der Waals surface area contributed by atoms with Crippen LogP contribution in [0, 0.1) is 6.92 Å². The highest BCUT2D eigenvalue weighted by Gasteiger charge is 2.28. The van der Waals surface area contributed by atoms with Crippen LogP contribution in [0.4, 0.5) is 5.69 Å². The van der Waals surface area contributed by atoms with Crippen LogP contribution in [0.15, 0.2) is 23.1 Å². The predicted octanol–water partition coefficient (Wildman–Crippen LogP) is 2.27. The van der Waals surface area contributed by atoms with Gasteiger partial charge in [-0.2, -0.15) is 0 Å². The fraction of sp³-hybridized carbons (Fsp3) is 0.600. The van der Waals surface area contributed by atoms with E-state index in [2.05, 4.69) is 23.9 Å². The van der Waals surface area contributed by atoms with Crippen LogP contribution in [0.5, 0.6) is 0 Å². The molecule has 1 atom stereocenters. The van der Waals surface area contributed by atoms with Crippen molar-refractivity contribution >= 4 is 15.7 Å². The Morgan fingerprint density at radius 3 is 2.67 bits per heavy atom. The third kappa shape index (κ3) is 3.96. The highest BCUT2D eigenvalue weighted by molar-refractivity contribution is 7.89. The van der Waals surface area contributed by atoms with E-state index in [-0.39, 0.29) is 5.60 Å². The second-order valence-corrected chi connectivity index (χ2v) is 7.99. The SMILES string of the molecule is CNS(=O)(=O)c1cc(NC2CCOC(C)(C)C2)ccc1C. The van der Waals surface area contributed by atoms with Crippen molar-refractivity contribution in [2.24, 2.45) is 0 Å². The molecular weight excluding hydrogens is 288 g/mol. The second-order valence-electron chi connectivity index (χ2n) is 6.13. The summed E-state index contributed by atoms with van der Waals surface area (Å²) in [6.07, 6.45) is 1.82. The van der Waals surface area contributed by atoms with E-state index in [4.69, 9.17) is 4.74 Å². The van der Waals surface area contributed by atoms with Crippen molar-refractivity contribution in [2.75, 3.05) is 19.0 Å². The summed E-state index contributed by atoms with van der Waals surface area (Å²) in [6, 6.07) is 5.74. The van der Waals surface area contributed by atoms with Gasteiger partial charge >= 0.3 is 0 Å². The van der Waals surface area contributed by atoms with Crippen molar-refractivity contribution in [3.63, 3.8) is 0 Å². The standard InChI is InChI=1S/C15H24N2O3S/c1-11-5-6-12(9-14(11)21(18,19)16-4)17-13-7-8-20-15(2,3)10-13/h5-6,9,13,16-17H,7-8,10H2,1-4H3. The first-order chi connectivity index (χ1) is 9.73. The lowest BCUT2D eigenvalue weighted by Gasteiger charge is -2.36. The molecule has 0 saturated carbocycles. The van der Waals surface area contributed by atoms with Gasteiger partial charge in [0.25, 0.3) is 0 Å². The summed E-state index contributed by atoms with van der Waals surface area (Å²) in [5.74, 6) is 0. The van der Waals surface area contributed by atoms with E-state index in [1.807, 2.05) is 12.1 Å². The number of anilines is 1. The maximum atomic E-state index is 12.0. The van der Waals surface area contributed by atoms with E-state index in [1.165, 1.54) is 7.05 Å². The molecule has 5 nitrogen and oxygen atoms in total. The normalized spacial score (nSPS) is 22.0. The molecule has 0 spiro atoms. The number of nitrogens with one attached hydrogen (secondary N) is 2. The van der Waals surface area contributed by atoms with Gasteiger partial charge in [0.15, 0.2) is 0 Å². The molecule has 1 heterocycles. The van der Waals surface area contributed by atoms with Gasteiger partial charge in [-0.05, 0) is 58.4 Å². The van der Waals surface area contributed by atoms with Crippen LogP contribution in [-0.2, 0) is 14.8 Å². The Balaban J connectivity index is 2.20. The Bertz CT molecular complexity index is 611. The lowest BCUT2D eigenvalue weighted by Crippen LogP contribution is -2.40. The number of aryl methyl sites for hydroxylation is 1. The number of hydrogen-bond donors (Lipinski definition) is 2. The Hall–Kier alpha value is -1.11. The van der Waals surface area contributed by atoms with Crippen molar-refractivity contribution in [2.45, 2.75) is 50.2 Å². The molecule has 21 heavy (non-hydrogen) atoms. The minimum Gasteiger partial charge on any atom is -0.382 e. The Morgan fingerprint density at radius 1 is 1.33 bits per heavy atom. The van der Waals surface area contributed by atoms with Gasteiger partial charge in [0, 0.05) is 18.3 Å². The molecule has 1 aromatic carbocycles. The molecule has 0 aromatic heterocycles. The third-order valence-corrected chi connectivity index (χ3v) is 5.37. The molecule has 0 bridgehead atoms. The van der Waals surface area contributed by atoms with Gasteiger partial charge in [-0.25, -0.2) is 13.1 Å². The van der Waals surface area contributed by atoms with Crippen molar-refractivity contribution in [3.05, 3.63) is 23.8 Å². The molecule has 1 aromatic rings. The molecule has 0 radical (unpaired) electrons. The van der Waals surface area contributed by atoms with Crippen LogP contribution < -0.4 is 10.0 Å². The molecular formula is C15H24N2O3S. The molecule has 1 unspecified atom stereocenters. The zero-order valence-electron chi connectivity index (χ0n) is 13.1. The van der Waals surface area contributed by atoms with Crippen molar-refractivity contribution in [1.29, 1.82) is 0 Å². The smallest absolute Gasteiger partial charge is 0.240 e. The van der Waals surface area contributed by atoms with E-state index < -0.39 is 10.0 Å². The third-order valence-electron chi connectivity index (χ3n) is 3.81. The van der Waals surface area contributed by atoms with Crippen LogP contribution in [0.25, 0.3) is 0 Å². The summed E-state index contributed by atoms with van der Waals surface area (Å²) >= 11 is 0. The lowest BCUT2D eigenvalue weighted by molar-refractivity contribution is -0.0553. The van der Waals surface area contributed by atoms with Crippen molar-refractivity contribution in [3.8, 4) is 0 Å². The number of ether oxygens (including phenoxy) is 1. The number of rotatable bonds is 4. The minimum atomic E-state index is -3.43. The molecule has 0 aliphatic carbocycles. The molecule has 1 fully saturated rings. The molecule has 0 amide bonds. The van der Waals surface area contributed by atoms with Gasteiger partial charge in [0.1, 0.15) is 0 Å². The first-order valence-corrected chi connectivity index (χ1v) is 8.66. The Labute approximate surface area is 127 Å². The first-order valence-electron chi connectivity index (χ1n) is 7.18. The topological polar surface area (TPSA) is 67.4 Å². The Morgan fingerprint density at radius 2 is 2.05 bits per heavy atom. The Kier molecular flexibility index (Phi) is 4.60. The van der Waals surface area contributed by atoms with Gasteiger partial charge < -0.3 is 10.1 Å². The average molecular weight is 312 g/mol. The first kappa shape index (κ1) is 16.3. The molecule has 1 aliphatic heterocycles. The highest BCUT2D eigenvalue weighted by atomic mass is 32.2. The van der Waals surface area contributed by atoms with Crippen molar-refractivity contribution < 1.29 is 13.2 Å². The van der Waals surface area contributed by atoms with Gasteiger partial charge in [-0.15, -0.1) is 0 Å². The second kappa shape index (κ2) is 5.94. The summed E-state index contributed by atoms with van der Waals surface area (Å²) in [5.41, 5.74) is 1.43. The molecule has 1 saturated heterocycles. The van der Waals surface area contributed by atoms with Crippen molar-refractivity contribution in [1.82, 2.24) is 4.72 Å². The fourth-order valence-corrected chi connectivity index (χ4v) is 3.67.